The number of anilines is 1. The van der Waals surface area contributed by atoms with E-state index in [2.05, 4.69) is 5.32 Å². The van der Waals surface area contributed by atoms with Crippen LogP contribution in [0.15, 0.2) is 24.3 Å². The van der Waals surface area contributed by atoms with Gasteiger partial charge < -0.3 is 10.4 Å². The van der Waals surface area contributed by atoms with Crippen molar-refractivity contribution in [3.63, 3.8) is 0 Å². The first-order valence-electron chi connectivity index (χ1n) is 7.94. The number of aromatic hydroxyl groups is 1. The number of amides is 1. The van der Waals surface area contributed by atoms with Crippen LogP contribution in [0, 0.1) is 6.92 Å². The van der Waals surface area contributed by atoms with Gasteiger partial charge in [-0.2, -0.15) is 13.2 Å². The maximum atomic E-state index is 13.0. The average Bonchev–Trinajstić information content (AvgIpc) is 2.50. The Bertz CT molecular complexity index is 903. The number of carbonyl (C=O) groups excluding carboxylic acids is 1. The van der Waals surface area contributed by atoms with E-state index in [-0.39, 0.29) is 22.0 Å². The predicted octanol–water partition coefficient (Wildman–Crippen LogP) is 6.58. The summed E-state index contributed by atoms with van der Waals surface area (Å²) in [6.45, 7) is 7.06. The number of alkyl halides is 3. The summed E-state index contributed by atoms with van der Waals surface area (Å²) in [6.07, 6.45) is -4.66. The summed E-state index contributed by atoms with van der Waals surface area (Å²) in [7, 11) is 0. The van der Waals surface area contributed by atoms with E-state index in [0.29, 0.717) is 11.1 Å². The topological polar surface area (TPSA) is 49.3 Å². The third-order valence-corrected chi connectivity index (χ3v) is 4.78. The van der Waals surface area contributed by atoms with Crippen LogP contribution in [-0.4, -0.2) is 11.0 Å². The molecule has 27 heavy (non-hydrogen) atoms. The van der Waals surface area contributed by atoms with E-state index in [1.807, 2.05) is 20.8 Å². The lowest BCUT2D eigenvalue weighted by Crippen LogP contribution is -2.18. The van der Waals surface area contributed by atoms with Gasteiger partial charge in [0.1, 0.15) is 5.75 Å². The molecule has 0 saturated heterocycles. The Balaban J connectivity index is 2.50. The molecule has 2 N–H and O–H groups in total. The average molecular weight is 420 g/mol. The van der Waals surface area contributed by atoms with Gasteiger partial charge in [0.25, 0.3) is 5.91 Å². The highest BCUT2D eigenvalue weighted by Crippen LogP contribution is 2.39. The molecular formula is C19H18Cl2F3NO2. The molecular weight excluding hydrogens is 402 g/mol. The number of benzene rings is 2. The minimum absolute atomic E-state index is 0.0871. The molecule has 1 amide bonds. The van der Waals surface area contributed by atoms with Gasteiger partial charge in [-0.1, -0.05) is 44.0 Å². The van der Waals surface area contributed by atoms with Crippen LogP contribution >= 0.6 is 23.2 Å². The van der Waals surface area contributed by atoms with Crippen LogP contribution in [0.2, 0.25) is 10.0 Å². The molecule has 0 aliphatic rings. The van der Waals surface area contributed by atoms with Crippen LogP contribution < -0.4 is 5.32 Å². The summed E-state index contributed by atoms with van der Waals surface area (Å²) in [6, 6.07) is 4.61. The molecule has 2 aromatic rings. The van der Waals surface area contributed by atoms with Crippen molar-refractivity contribution in [3.05, 3.63) is 56.6 Å². The van der Waals surface area contributed by atoms with Crippen LogP contribution in [0.1, 0.15) is 47.8 Å². The zero-order valence-corrected chi connectivity index (χ0v) is 16.6. The number of phenolic OH excluding ortho intramolecular Hbond substituents is 1. The molecule has 0 radical (unpaired) electrons. The van der Waals surface area contributed by atoms with E-state index < -0.39 is 28.1 Å². The molecule has 2 rings (SSSR count). The van der Waals surface area contributed by atoms with Crippen molar-refractivity contribution in [1.29, 1.82) is 0 Å². The van der Waals surface area contributed by atoms with Gasteiger partial charge in [-0.25, -0.2) is 0 Å². The summed E-state index contributed by atoms with van der Waals surface area (Å²) >= 11 is 11.8. The molecule has 0 unspecified atom stereocenters. The smallest absolute Gasteiger partial charge is 0.417 e. The maximum Gasteiger partial charge on any atom is 0.417 e. The number of carbonyl (C=O) groups is 1. The first kappa shape index (κ1) is 21.4. The van der Waals surface area contributed by atoms with E-state index in [4.69, 9.17) is 23.2 Å². The molecule has 0 spiro atoms. The lowest BCUT2D eigenvalue weighted by molar-refractivity contribution is -0.137. The van der Waals surface area contributed by atoms with Gasteiger partial charge in [-0.05, 0) is 42.2 Å². The molecule has 0 bridgehead atoms. The van der Waals surface area contributed by atoms with Crippen molar-refractivity contribution in [1.82, 2.24) is 0 Å². The number of hydrogen-bond acceptors (Lipinski definition) is 2. The quantitative estimate of drug-likeness (QED) is 0.577. The van der Waals surface area contributed by atoms with E-state index >= 15 is 0 Å². The molecule has 3 nitrogen and oxygen atoms in total. The third kappa shape index (κ3) is 4.50. The Morgan fingerprint density at radius 3 is 2.15 bits per heavy atom. The van der Waals surface area contributed by atoms with Crippen molar-refractivity contribution in [2.24, 2.45) is 0 Å². The van der Waals surface area contributed by atoms with Gasteiger partial charge >= 0.3 is 6.18 Å². The van der Waals surface area contributed by atoms with Crippen molar-refractivity contribution in [2.45, 2.75) is 39.3 Å². The fraction of sp³-hybridized carbons (Fsp3) is 0.316. The molecule has 0 fully saturated rings. The lowest BCUT2D eigenvalue weighted by Gasteiger charge is -2.23. The lowest BCUT2D eigenvalue weighted by atomic mass is 9.84. The number of hydrogen-bond donors (Lipinski definition) is 2. The molecule has 0 atom stereocenters. The van der Waals surface area contributed by atoms with Crippen molar-refractivity contribution in [2.75, 3.05) is 5.32 Å². The van der Waals surface area contributed by atoms with Gasteiger partial charge in [0.2, 0.25) is 0 Å². The molecule has 0 aromatic heterocycles. The summed E-state index contributed by atoms with van der Waals surface area (Å²) < 4.78 is 39.0. The van der Waals surface area contributed by atoms with Gasteiger partial charge in [0, 0.05) is 16.3 Å². The Morgan fingerprint density at radius 1 is 1.04 bits per heavy atom. The van der Waals surface area contributed by atoms with Gasteiger partial charge in [-0.15, -0.1) is 0 Å². The molecule has 2 aromatic carbocycles. The van der Waals surface area contributed by atoms with Crippen LogP contribution in [0.5, 0.6) is 5.75 Å². The van der Waals surface area contributed by atoms with E-state index in [1.54, 1.807) is 13.0 Å². The van der Waals surface area contributed by atoms with E-state index in [0.717, 1.165) is 12.1 Å². The first-order valence-corrected chi connectivity index (χ1v) is 8.69. The zero-order valence-electron chi connectivity index (χ0n) is 15.1. The predicted molar refractivity (Wildman–Crippen MR) is 101 cm³/mol. The van der Waals surface area contributed by atoms with Crippen LogP contribution in [0.25, 0.3) is 0 Å². The summed E-state index contributed by atoms with van der Waals surface area (Å²) in [4.78, 5) is 12.7. The van der Waals surface area contributed by atoms with Gasteiger partial charge in [0.15, 0.2) is 0 Å². The molecule has 0 aliphatic carbocycles. The molecule has 0 heterocycles. The van der Waals surface area contributed by atoms with Gasteiger partial charge in [-0.3, -0.25) is 4.79 Å². The molecule has 0 aliphatic heterocycles. The highest BCUT2D eigenvalue weighted by Gasteiger charge is 2.33. The molecule has 0 saturated carbocycles. The SMILES string of the molecule is Cc1c(Cl)cc(C(C)(C)C)c(O)c1C(=O)Nc1ccc(Cl)c(C(F)(F)F)c1. The number of nitrogens with one attached hydrogen (secondary N) is 1. The Labute approximate surface area is 165 Å². The highest BCUT2D eigenvalue weighted by molar-refractivity contribution is 6.32. The summed E-state index contributed by atoms with van der Waals surface area (Å²) in [5.41, 5.74) is -0.978. The minimum Gasteiger partial charge on any atom is -0.507 e. The number of halogens is 5. The van der Waals surface area contributed by atoms with E-state index in [1.165, 1.54) is 6.07 Å². The van der Waals surface area contributed by atoms with Crippen LogP contribution in [0.3, 0.4) is 0 Å². The molecule has 146 valence electrons. The third-order valence-electron chi connectivity index (χ3n) is 4.06. The monoisotopic (exact) mass is 419 g/mol. The fourth-order valence-electron chi connectivity index (χ4n) is 2.60. The Hall–Kier alpha value is -1.92. The van der Waals surface area contributed by atoms with E-state index in [9.17, 15) is 23.1 Å². The van der Waals surface area contributed by atoms with Gasteiger partial charge in [0.05, 0.1) is 16.1 Å². The normalized spacial score (nSPS) is 12.2. The maximum absolute atomic E-state index is 13.0. The summed E-state index contributed by atoms with van der Waals surface area (Å²) in [5, 5.41) is 12.8. The standard InChI is InChI=1S/C19H18Cl2F3NO2/c1-9-14(21)8-12(18(2,3)4)16(26)15(9)17(27)25-10-5-6-13(20)11(7-10)19(22,23)24/h5-8,26H,1-4H3,(H,25,27). The zero-order chi connectivity index (χ0) is 20.7. The largest absolute Gasteiger partial charge is 0.507 e. The number of rotatable bonds is 2. The van der Waals surface area contributed by atoms with Crippen molar-refractivity contribution in [3.8, 4) is 5.75 Å². The molecule has 8 heteroatoms. The summed E-state index contributed by atoms with van der Waals surface area (Å²) in [5.74, 6) is -1.03. The second-order valence-corrected chi connectivity index (χ2v) is 7.97. The van der Waals surface area contributed by atoms with Crippen LogP contribution in [0.4, 0.5) is 18.9 Å². The second kappa shape index (κ2) is 7.24. The van der Waals surface area contributed by atoms with Crippen molar-refractivity contribution < 1.29 is 23.1 Å². The fourth-order valence-corrected chi connectivity index (χ4v) is 3.03. The highest BCUT2D eigenvalue weighted by atomic mass is 35.5. The van der Waals surface area contributed by atoms with Crippen molar-refractivity contribution >= 4 is 34.8 Å². The Kier molecular flexibility index (Phi) is 5.74. The first-order chi connectivity index (χ1) is 12.2. The second-order valence-electron chi connectivity index (χ2n) is 7.15. The van der Waals surface area contributed by atoms with Crippen LogP contribution in [-0.2, 0) is 11.6 Å². The minimum atomic E-state index is -4.66. The number of phenols is 1. The Morgan fingerprint density at radius 2 is 1.63 bits per heavy atom.